The topological polar surface area (TPSA) is 26.3 Å². The quantitative estimate of drug-likeness (QED) is 0.376. The molecule has 5 rings (SSSR count). The number of fused-ring (bicyclic) bond motifs is 2. The number of carbonyl (C=O) groups is 1. The largest absolute Gasteiger partial charge is 0.422 e. The van der Waals surface area contributed by atoms with Gasteiger partial charge in [0.2, 0.25) is 0 Å². The Kier molecular flexibility index (Phi) is 4.71. The van der Waals surface area contributed by atoms with E-state index in [0.29, 0.717) is 11.3 Å². The van der Waals surface area contributed by atoms with Crippen molar-refractivity contribution < 1.29 is 9.53 Å². The van der Waals surface area contributed by atoms with Crippen LogP contribution in [0.5, 0.6) is 5.75 Å². The van der Waals surface area contributed by atoms with E-state index in [1.54, 1.807) is 0 Å². The molecule has 3 aromatic carbocycles. The summed E-state index contributed by atoms with van der Waals surface area (Å²) in [6.45, 7) is 0. The third-order valence-electron chi connectivity index (χ3n) is 6.32. The Labute approximate surface area is 173 Å². The van der Waals surface area contributed by atoms with Crippen LogP contribution >= 0.6 is 10.0 Å². The molecule has 29 heavy (non-hydrogen) atoms. The van der Waals surface area contributed by atoms with Crippen molar-refractivity contribution in [1.82, 2.24) is 0 Å². The number of allylic oxidation sites excluding steroid dienone is 1. The zero-order valence-electron chi connectivity index (χ0n) is 16.8. The van der Waals surface area contributed by atoms with Crippen molar-refractivity contribution in [2.75, 3.05) is 17.8 Å². The van der Waals surface area contributed by atoms with Crippen molar-refractivity contribution in [2.24, 2.45) is 0 Å². The van der Waals surface area contributed by atoms with Gasteiger partial charge in [-0.3, -0.25) is 0 Å². The first kappa shape index (κ1) is 18.5. The molecule has 1 aliphatic heterocycles. The van der Waals surface area contributed by atoms with Crippen LogP contribution in [0.3, 0.4) is 0 Å². The smallest absolute Gasteiger partial charge is 0.343 e. The van der Waals surface area contributed by atoms with Crippen LogP contribution < -0.4 is 4.74 Å². The van der Waals surface area contributed by atoms with Gasteiger partial charge in [-0.1, -0.05) is 61.0 Å². The van der Waals surface area contributed by atoms with Crippen LogP contribution in [0.2, 0.25) is 0 Å². The number of ether oxygens (including phenoxy) is 1. The Balaban J connectivity index is 1.51. The minimum Gasteiger partial charge on any atom is -0.422 e. The molecule has 0 saturated carbocycles. The second kappa shape index (κ2) is 7.38. The van der Waals surface area contributed by atoms with Crippen LogP contribution in [0.1, 0.15) is 30.4 Å². The summed E-state index contributed by atoms with van der Waals surface area (Å²) in [5.74, 6) is 3.02. The second-order valence-corrected chi connectivity index (χ2v) is 12.0. The van der Waals surface area contributed by atoms with Gasteiger partial charge in [0.15, 0.2) is 0 Å². The van der Waals surface area contributed by atoms with Crippen molar-refractivity contribution in [1.29, 1.82) is 0 Å². The molecule has 0 atom stereocenters. The van der Waals surface area contributed by atoms with Crippen molar-refractivity contribution in [3.8, 4) is 5.75 Å². The number of hydrogen-bond donors (Lipinski definition) is 0. The molecule has 0 radical (unpaired) electrons. The van der Waals surface area contributed by atoms with E-state index in [1.165, 1.54) is 46.6 Å². The molecule has 1 aliphatic carbocycles. The Morgan fingerprint density at radius 2 is 1.59 bits per heavy atom. The molecule has 2 aliphatic rings. The van der Waals surface area contributed by atoms with Gasteiger partial charge in [-0.2, -0.15) is 0 Å². The highest BCUT2D eigenvalue weighted by molar-refractivity contribution is 8.33. The summed E-state index contributed by atoms with van der Waals surface area (Å²) in [7, 11) is -0.798. The summed E-state index contributed by atoms with van der Waals surface area (Å²) >= 11 is 0. The van der Waals surface area contributed by atoms with Crippen molar-refractivity contribution in [3.63, 3.8) is 0 Å². The summed E-state index contributed by atoms with van der Waals surface area (Å²) in [5, 5.41) is 2.29. The summed E-state index contributed by atoms with van der Waals surface area (Å²) in [4.78, 5) is 14.5. The summed E-state index contributed by atoms with van der Waals surface area (Å²) in [5.41, 5.74) is 2.87. The first-order valence-corrected chi connectivity index (χ1v) is 12.8. The maximum absolute atomic E-state index is 13.0. The highest BCUT2D eigenvalue weighted by Crippen LogP contribution is 2.58. The Bertz CT molecular complexity index is 1120. The minimum atomic E-state index is -0.798. The third kappa shape index (κ3) is 3.28. The van der Waals surface area contributed by atoms with Gasteiger partial charge in [-0.25, -0.2) is 14.8 Å². The average Bonchev–Trinajstić information content (AvgIpc) is 3.19. The van der Waals surface area contributed by atoms with Gasteiger partial charge in [-0.05, 0) is 70.6 Å². The maximum Gasteiger partial charge on any atom is 0.343 e. The van der Waals surface area contributed by atoms with E-state index < -0.39 is 10.0 Å². The Hall–Kier alpha value is -2.52. The van der Waals surface area contributed by atoms with Gasteiger partial charge >= 0.3 is 5.97 Å². The SMILES string of the molecule is CS1(c2ccc(OC(=O)C3=CCc4ccccc43)c3ccccc23)CCCCC1. The van der Waals surface area contributed by atoms with Crippen LogP contribution in [0.15, 0.2) is 71.6 Å². The van der Waals surface area contributed by atoms with E-state index in [1.807, 2.05) is 36.4 Å². The lowest BCUT2D eigenvalue weighted by Gasteiger charge is -2.40. The highest BCUT2D eigenvalue weighted by atomic mass is 32.3. The van der Waals surface area contributed by atoms with E-state index in [-0.39, 0.29) is 5.97 Å². The molecule has 3 aromatic rings. The first-order chi connectivity index (χ1) is 14.2. The van der Waals surface area contributed by atoms with E-state index >= 15 is 0 Å². The van der Waals surface area contributed by atoms with Gasteiger partial charge in [0.1, 0.15) is 5.75 Å². The lowest BCUT2D eigenvalue weighted by molar-refractivity contribution is -0.127. The molecule has 0 amide bonds. The van der Waals surface area contributed by atoms with Crippen LogP contribution in [0, 0.1) is 0 Å². The summed E-state index contributed by atoms with van der Waals surface area (Å²) < 4.78 is 5.95. The predicted molar refractivity (Wildman–Crippen MR) is 123 cm³/mol. The standard InChI is InChI=1S/C26H26O2S/c1-29(17-7-2-8-18-29)25-16-15-24(21-11-5-6-12-22(21)25)28-26(27)23-14-13-19-9-3-4-10-20(19)23/h3-6,9-12,14-16H,2,7-8,13,17-18H2,1H3. The molecular formula is C26H26O2S. The molecule has 1 fully saturated rings. The van der Waals surface area contributed by atoms with Crippen molar-refractivity contribution in [2.45, 2.75) is 30.6 Å². The molecule has 0 bridgehead atoms. The van der Waals surface area contributed by atoms with E-state index in [9.17, 15) is 4.79 Å². The van der Waals surface area contributed by atoms with Crippen LogP contribution in [0.25, 0.3) is 16.3 Å². The second-order valence-electron chi connectivity index (χ2n) is 8.22. The molecule has 0 unspecified atom stereocenters. The monoisotopic (exact) mass is 402 g/mol. The normalized spacial score (nSPS) is 18.7. The fourth-order valence-corrected chi connectivity index (χ4v) is 8.17. The number of carbonyl (C=O) groups excluding carboxylic acids is 1. The van der Waals surface area contributed by atoms with Gasteiger partial charge in [-0.15, -0.1) is 0 Å². The number of esters is 1. The van der Waals surface area contributed by atoms with E-state index in [4.69, 9.17) is 4.74 Å². The number of hydrogen-bond acceptors (Lipinski definition) is 2. The van der Waals surface area contributed by atoms with Crippen LogP contribution in [-0.4, -0.2) is 23.7 Å². The average molecular weight is 403 g/mol. The molecule has 0 spiro atoms. The fourth-order valence-electron chi connectivity index (χ4n) is 4.73. The van der Waals surface area contributed by atoms with Crippen LogP contribution in [-0.2, 0) is 11.2 Å². The van der Waals surface area contributed by atoms with E-state index in [0.717, 1.165) is 17.4 Å². The Morgan fingerprint density at radius 3 is 2.41 bits per heavy atom. The molecular weight excluding hydrogens is 376 g/mol. The molecule has 0 aromatic heterocycles. The van der Waals surface area contributed by atoms with Crippen LogP contribution in [0.4, 0.5) is 0 Å². The van der Waals surface area contributed by atoms with Crippen molar-refractivity contribution >= 4 is 32.3 Å². The van der Waals surface area contributed by atoms with Gasteiger partial charge < -0.3 is 4.74 Å². The first-order valence-electron chi connectivity index (χ1n) is 10.4. The molecule has 3 heteroatoms. The zero-order valence-corrected chi connectivity index (χ0v) is 17.6. The lowest BCUT2D eigenvalue weighted by atomic mass is 10.1. The lowest BCUT2D eigenvalue weighted by Crippen LogP contribution is -2.15. The summed E-state index contributed by atoms with van der Waals surface area (Å²) in [6.07, 6.45) is 9.25. The zero-order chi connectivity index (χ0) is 19.8. The molecule has 1 saturated heterocycles. The van der Waals surface area contributed by atoms with Gasteiger partial charge in [0.05, 0.1) is 5.57 Å². The molecule has 2 nitrogen and oxygen atoms in total. The molecule has 148 valence electrons. The molecule has 1 heterocycles. The third-order valence-corrected chi connectivity index (χ3v) is 10.1. The molecule has 0 N–H and O–H groups in total. The predicted octanol–water partition coefficient (Wildman–Crippen LogP) is 6.36. The Morgan fingerprint density at radius 1 is 0.862 bits per heavy atom. The van der Waals surface area contributed by atoms with E-state index in [2.05, 4.69) is 36.6 Å². The maximum atomic E-state index is 13.0. The van der Waals surface area contributed by atoms with Crippen molar-refractivity contribution in [3.05, 3.63) is 77.9 Å². The number of rotatable bonds is 3. The highest BCUT2D eigenvalue weighted by Gasteiger charge is 2.27. The summed E-state index contributed by atoms with van der Waals surface area (Å²) in [6, 6.07) is 20.7. The number of benzene rings is 3. The van der Waals surface area contributed by atoms with Gasteiger partial charge in [0.25, 0.3) is 0 Å². The van der Waals surface area contributed by atoms with Gasteiger partial charge in [0, 0.05) is 5.39 Å². The minimum absolute atomic E-state index is 0.260. The fraction of sp³-hybridized carbons (Fsp3) is 0.269.